The molecule has 2 aromatic heterocycles. The highest BCUT2D eigenvalue weighted by Gasteiger charge is 2.43. The third kappa shape index (κ3) is 5.53. The van der Waals surface area contributed by atoms with E-state index in [9.17, 15) is 4.79 Å². The second-order valence-electron chi connectivity index (χ2n) is 11.1. The molecule has 1 aromatic carbocycles. The molecular formula is C29H36N8O2. The van der Waals surface area contributed by atoms with Crippen LogP contribution in [0.2, 0.25) is 0 Å². The van der Waals surface area contributed by atoms with E-state index in [4.69, 9.17) is 20.4 Å². The average Bonchev–Trinajstić information content (AvgIpc) is 2.94. The Bertz CT molecular complexity index is 1290. The summed E-state index contributed by atoms with van der Waals surface area (Å²) in [5.41, 5.74) is 9.80. The molecule has 0 aliphatic carbocycles. The molecule has 0 unspecified atom stereocenters. The summed E-state index contributed by atoms with van der Waals surface area (Å²) in [6.07, 6.45) is 7.60. The maximum atomic E-state index is 12.5. The van der Waals surface area contributed by atoms with Gasteiger partial charge < -0.3 is 30.9 Å². The Hall–Kier alpha value is -3.76. The van der Waals surface area contributed by atoms with Crippen LogP contribution in [-0.2, 0) is 4.74 Å². The second kappa shape index (κ2) is 10.8. The molecule has 4 N–H and O–H groups in total. The summed E-state index contributed by atoms with van der Waals surface area (Å²) < 4.78 is 5.52. The predicted molar refractivity (Wildman–Crippen MR) is 152 cm³/mol. The molecule has 5 heterocycles. The van der Waals surface area contributed by atoms with Crippen molar-refractivity contribution >= 4 is 28.9 Å². The number of anilines is 4. The Morgan fingerprint density at radius 3 is 2.33 bits per heavy atom. The molecule has 6 rings (SSSR count). The van der Waals surface area contributed by atoms with E-state index in [0.717, 1.165) is 37.2 Å². The van der Waals surface area contributed by atoms with Crippen LogP contribution in [0.1, 0.15) is 36.2 Å². The molecule has 39 heavy (non-hydrogen) atoms. The number of pyridine rings is 1. The third-order valence-corrected chi connectivity index (χ3v) is 8.18. The minimum Gasteiger partial charge on any atom is -0.381 e. The molecule has 3 fully saturated rings. The van der Waals surface area contributed by atoms with Gasteiger partial charge in [-0.1, -0.05) is 0 Å². The van der Waals surface area contributed by atoms with Crippen molar-refractivity contribution in [3.8, 4) is 11.3 Å². The van der Waals surface area contributed by atoms with E-state index < -0.39 is 5.91 Å². The number of carbonyl (C=O) groups is 1. The van der Waals surface area contributed by atoms with Crippen molar-refractivity contribution in [3.63, 3.8) is 0 Å². The first-order chi connectivity index (χ1) is 19.0. The van der Waals surface area contributed by atoms with Crippen LogP contribution in [0.15, 0.2) is 48.8 Å². The fraction of sp³-hybridized carbons (Fsp3) is 0.448. The molecule has 3 saturated heterocycles. The summed E-state index contributed by atoms with van der Waals surface area (Å²) >= 11 is 0. The van der Waals surface area contributed by atoms with Crippen molar-refractivity contribution < 1.29 is 9.53 Å². The molecule has 3 aromatic rings. The van der Waals surface area contributed by atoms with E-state index in [-0.39, 0.29) is 11.7 Å². The van der Waals surface area contributed by atoms with Crippen molar-refractivity contribution in [1.29, 1.82) is 0 Å². The zero-order chi connectivity index (χ0) is 26.8. The SMILES string of the molecule is CN1CC2(CCN(c3ccc(Nc4nc(NC5CCOCC5)c(-c5ccncc5)nc4C(N)=O)cc3)CC2)C1. The number of carbonyl (C=O) groups excluding carboxylic acids is 1. The number of benzene rings is 1. The quantitative estimate of drug-likeness (QED) is 0.423. The lowest BCUT2D eigenvalue weighted by molar-refractivity contribution is 0.00132. The fourth-order valence-electron chi connectivity index (χ4n) is 6.09. The van der Waals surface area contributed by atoms with Gasteiger partial charge in [0.25, 0.3) is 5.91 Å². The molecule has 0 atom stereocenters. The smallest absolute Gasteiger partial charge is 0.271 e. The van der Waals surface area contributed by atoms with Gasteiger partial charge in [-0.25, -0.2) is 9.97 Å². The monoisotopic (exact) mass is 528 g/mol. The average molecular weight is 529 g/mol. The van der Waals surface area contributed by atoms with Crippen LogP contribution in [0.5, 0.6) is 0 Å². The molecule has 0 saturated carbocycles. The van der Waals surface area contributed by atoms with Gasteiger partial charge in [0.05, 0.1) is 0 Å². The summed E-state index contributed by atoms with van der Waals surface area (Å²) in [6.45, 7) is 5.99. The zero-order valence-corrected chi connectivity index (χ0v) is 22.4. The number of nitrogens with two attached hydrogens (primary N) is 1. The first kappa shape index (κ1) is 25.5. The molecule has 10 nitrogen and oxygen atoms in total. The topological polar surface area (TPSA) is 122 Å². The number of aromatic nitrogens is 3. The Labute approximate surface area is 229 Å². The first-order valence-corrected chi connectivity index (χ1v) is 13.8. The van der Waals surface area contributed by atoms with Crippen LogP contribution in [0.25, 0.3) is 11.3 Å². The van der Waals surface area contributed by atoms with E-state index in [1.807, 2.05) is 24.3 Å². The van der Waals surface area contributed by atoms with E-state index in [2.05, 4.69) is 44.6 Å². The second-order valence-corrected chi connectivity index (χ2v) is 11.1. The molecule has 3 aliphatic heterocycles. The highest BCUT2D eigenvalue weighted by atomic mass is 16.5. The number of nitrogens with one attached hydrogen (secondary N) is 2. The Morgan fingerprint density at radius 2 is 1.69 bits per heavy atom. The number of primary amides is 1. The predicted octanol–water partition coefficient (Wildman–Crippen LogP) is 3.50. The summed E-state index contributed by atoms with van der Waals surface area (Å²) in [4.78, 5) is 31.0. The van der Waals surface area contributed by atoms with Crippen LogP contribution in [0.4, 0.5) is 23.0 Å². The highest BCUT2D eigenvalue weighted by molar-refractivity contribution is 5.97. The van der Waals surface area contributed by atoms with Gasteiger partial charge in [0.1, 0.15) is 5.69 Å². The summed E-state index contributed by atoms with van der Waals surface area (Å²) in [6, 6.07) is 12.2. The van der Waals surface area contributed by atoms with E-state index in [1.54, 1.807) is 12.4 Å². The first-order valence-electron chi connectivity index (χ1n) is 13.8. The standard InChI is InChI=1S/C29H36N8O2/c1-36-18-29(19-36)10-14-37(15-11-29)23-4-2-21(3-5-23)32-28-25(26(30)38)34-24(20-6-12-31-13-7-20)27(35-28)33-22-8-16-39-17-9-22/h2-7,12-13,22H,8-11,14-19H2,1H3,(H2,30,38)(H2,32,33,35). The van der Waals surface area contributed by atoms with Crippen molar-refractivity contribution in [1.82, 2.24) is 19.9 Å². The number of amides is 1. The van der Waals surface area contributed by atoms with Gasteiger partial charge >= 0.3 is 0 Å². The largest absolute Gasteiger partial charge is 0.381 e. The lowest BCUT2D eigenvalue weighted by Crippen LogP contribution is -2.58. The number of rotatable bonds is 7. The van der Waals surface area contributed by atoms with Crippen LogP contribution < -0.4 is 21.3 Å². The minimum atomic E-state index is -0.640. The maximum absolute atomic E-state index is 12.5. The molecule has 0 bridgehead atoms. The third-order valence-electron chi connectivity index (χ3n) is 8.18. The lowest BCUT2D eigenvalue weighted by Gasteiger charge is -2.53. The van der Waals surface area contributed by atoms with Crippen molar-refractivity contribution in [2.75, 3.05) is 62.0 Å². The normalized spacial score (nSPS) is 19.5. The van der Waals surface area contributed by atoms with Crippen LogP contribution in [-0.4, -0.2) is 78.2 Å². The van der Waals surface area contributed by atoms with Crippen LogP contribution >= 0.6 is 0 Å². The maximum Gasteiger partial charge on any atom is 0.271 e. The van der Waals surface area contributed by atoms with Gasteiger partial charge in [-0.05, 0) is 74.5 Å². The van der Waals surface area contributed by atoms with E-state index in [0.29, 0.717) is 36.0 Å². The molecule has 1 amide bonds. The lowest BCUT2D eigenvalue weighted by atomic mass is 9.72. The summed E-state index contributed by atoms with van der Waals surface area (Å²) in [7, 11) is 2.20. The fourth-order valence-corrected chi connectivity index (χ4v) is 6.09. The van der Waals surface area contributed by atoms with Crippen molar-refractivity contribution in [2.24, 2.45) is 11.1 Å². The van der Waals surface area contributed by atoms with Gasteiger partial charge in [0, 0.05) is 74.8 Å². The molecule has 3 aliphatic rings. The number of likely N-dealkylation sites (tertiary alicyclic amines) is 1. The van der Waals surface area contributed by atoms with Gasteiger partial charge in [-0.15, -0.1) is 0 Å². The Balaban J connectivity index is 1.24. The Morgan fingerprint density at radius 1 is 1.00 bits per heavy atom. The number of ether oxygens (including phenoxy) is 1. The van der Waals surface area contributed by atoms with Crippen LogP contribution in [0.3, 0.4) is 0 Å². The van der Waals surface area contributed by atoms with Gasteiger partial charge in [-0.3, -0.25) is 9.78 Å². The number of nitrogens with zero attached hydrogens (tertiary/aromatic N) is 5. The molecule has 1 spiro atoms. The summed E-state index contributed by atoms with van der Waals surface area (Å²) in [5, 5.41) is 6.84. The van der Waals surface area contributed by atoms with Crippen molar-refractivity contribution in [3.05, 3.63) is 54.5 Å². The van der Waals surface area contributed by atoms with E-state index in [1.165, 1.54) is 31.6 Å². The number of piperidine rings is 1. The minimum absolute atomic E-state index is 0.0928. The molecule has 0 radical (unpaired) electrons. The molecule has 204 valence electrons. The number of hydrogen-bond acceptors (Lipinski definition) is 9. The zero-order valence-electron chi connectivity index (χ0n) is 22.4. The Kier molecular flexibility index (Phi) is 7.05. The summed E-state index contributed by atoms with van der Waals surface area (Å²) in [5.74, 6) is 0.288. The number of hydrogen-bond donors (Lipinski definition) is 3. The highest BCUT2D eigenvalue weighted by Crippen LogP contribution is 2.40. The van der Waals surface area contributed by atoms with Crippen LogP contribution in [0, 0.1) is 5.41 Å². The molecular weight excluding hydrogens is 492 g/mol. The van der Waals surface area contributed by atoms with Crippen molar-refractivity contribution in [2.45, 2.75) is 31.7 Å². The van der Waals surface area contributed by atoms with Gasteiger partial charge in [-0.2, -0.15) is 0 Å². The van der Waals surface area contributed by atoms with Gasteiger partial charge in [0.15, 0.2) is 17.3 Å². The van der Waals surface area contributed by atoms with Gasteiger partial charge in [0.2, 0.25) is 0 Å². The van der Waals surface area contributed by atoms with E-state index >= 15 is 0 Å². The molecule has 10 heteroatoms.